The summed E-state index contributed by atoms with van der Waals surface area (Å²) in [6.07, 6.45) is 2.84. The van der Waals surface area contributed by atoms with E-state index >= 15 is 0 Å². The lowest BCUT2D eigenvalue weighted by atomic mass is 10.1. The SMILES string of the molecule is Cn1cc(C(=O)N2CCN(C(=O)OC(C)(C)C)CC2CN)cn1. The van der Waals surface area contributed by atoms with Crippen LogP contribution in [0.25, 0.3) is 0 Å². The number of amides is 2. The van der Waals surface area contributed by atoms with Gasteiger partial charge in [0, 0.05) is 39.4 Å². The molecule has 1 aromatic rings. The Hall–Kier alpha value is -2.09. The molecule has 2 heterocycles. The number of nitrogens with zero attached hydrogens (tertiary/aromatic N) is 4. The zero-order valence-electron chi connectivity index (χ0n) is 14.2. The van der Waals surface area contributed by atoms with Crippen LogP contribution in [0.3, 0.4) is 0 Å². The van der Waals surface area contributed by atoms with Gasteiger partial charge in [-0.1, -0.05) is 0 Å². The number of ether oxygens (including phenoxy) is 1. The fourth-order valence-corrected chi connectivity index (χ4v) is 2.51. The van der Waals surface area contributed by atoms with Crippen LogP contribution in [-0.4, -0.2) is 69.4 Å². The fourth-order valence-electron chi connectivity index (χ4n) is 2.51. The topological polar surface area (TPSA) is 93.7 Å². The van der Waals surface area contributed by atoms with Crippen LogP contribution in [0.5, 0.6) is 0 Å². The summed E-state index contributed by atoms with van der Waals surface area (Å²) < 4.78 is 6.97. The quantitative estimate of drug-likeness (QED) is 0.852. The Balaban J connectivity index is 2.04. The minimum Gasteiger partial charge on any atom is -0.444 e. The summed E-state index contributed by atoms with van der Waals surface area (Å²) in [5.74, 6) is -0.114. The van der Waals surface area contributed by atoms with E-state index in [1.165, 1.54) is 6.20 Å². The Labute approximate surface area is 136 Å². The van der Waals surface area contributed by atoms with E-state index in [4.69, 9.17) is 10.5 Å². The van der Waals surface area contributed by atoms with Crippen molar-refractivity contribution in [1.82, 2.24) is 19.6 Å². The Morgan fingerprint density at radius 3 is 2.61 bits per heavy atom. The molecule has 2 rings (SSSR count). The van der Waals surface area contributed by atoms with Gasteiger partial charge in [-0.15, -0.1) is 0 Å². The molecule has 1 saturated heterocycles. The first-order valence-electron chi connectivity index (χ1n) is 7.69. The van der Waals surface area contributed by atoms with Crippen LogP contribution in [0.4, 0.5) is 4.79 Å². The van der Waals surface area contributed by atoms with Gasteiger partial charge >= 0.3 is 6.09 Å². The molecule has 1 fully saturated rings. The van der Waals surface area contributed by atoms with Crippen molar-refractivity contribution in [3.8, 4) is 0 Å². The number of rotatable bonds is 2. The van der Waals surface area contributed by atoms with Gasteiger partial charge in [-0.3, -0.25) is 9.48 Å². The third kappa shape index (κ3) is 4.22. The van der Waals surface area contributed by atoms with E-state index in [0.717, 1.165) is 0 Å². The van der Waals surface area contributed by atoms with E-state index in [1.54, 1.807) is 27.7 Å². The van der Waals surface area contributed by atoms with Crippen LogP contribution in [0, 0.1) is 0 Å². The molecule has 1 atom stereocenters. The average Bonchev–Trinajstić information content (AvgIpc) is 2.90. The van der Waals surface area contributed by atoms with Crippen molar-refractivity contribution in [1.29, 1.82) is 0 Å². The lowest BCUT2D eigenvalue weighted by Gasteiger charge is -2.41. The van der Waals surface area contributed by atoms with Gasteiger partial charge in [0.05, 0.1) is 17.8 Å². The predicted molar refractivity (Wildman–Crippen MR) is 84.9 cm³/mol. The molecule has 1 aromatic heterocycles. The van der Waals surface area contributed by atoms with Crippen molar-refractivity contribution >= 4 is 12.0 Å². The highest BCUT2D eigenvalue weighted by molar-refractivity contribution is 5.94. The number of nitrogens with two attached hydrogens (primary N) is 1. The highest BCUT2D eigenvalue weighted by Gasteiger charge is 2.34. The molecule has 23 heavy (non-hydrogen) atoms. The third-order valence-electron chi connectivity index (χ3n) is 3.62. The summed E-state index contributed by atoms with van der Waals surface area (Å²) in [6.45, 7) is 6.99. The Kier molecular flexibility index (Phi) is 4.93. The number of aromatic nitrogens is 2. The molecule has 1 aliphatic heterocycles. The molecular weight excluding hydrogens is 298 g/mol. The van der Waals surface area contributed by atoms with Crippen LogP contribution in [0.1, 0.15) is 31.1 Å². The van der Waals surface area contributed by atoms with Gasteiger partial charge in [0.2, 0.25) is 0 Å². The van der Waals surface area contributed by atoms with Crippen molar-refractivity contribution in [2.24, 2.45) is 12.8 Å². The molecule has 0 spiro atoms. The van der Waals surface area contributed by atoms with Crippen molar-refractivity contribution in [3.05, 3.63) is 18.0 Å². The van der Waals surface area contributed by atoms with Gasteiger partial charge in [-0.05, 0) is 20.8 Å². The zero-order chi connectivity index (χ0) is 17.2. The van der Waals surface area contributed by atoms with Crippen LogP contribution in [0.2, 0.25) is 0 Å². The van der Waals surface area contributed by atoms with Crippen molar-refractivity contribution in [2.45, 2.75) is 32.4 Å². The standard InChI is InChI=1S/C15H25N5O3/c1-15(2,3)23-14(22)19-5-6-20(12(7-16)10-19)13(21)11-8-17-18(4)9-11/h8-9,12H,5-7,10,16H2,1-4H3. The summed E-state index contributed by atoms with van der Waals surface area (Å²) in [7, 11) is 1.76. The zero-order valence-corrected chi connectivity index (χ0v) is 14.2. The number of aryl methyl sites for hydroxylation is 1. The Morgan fingerprint density at radius 2 is 2.09 bits per heavy atom. The average molecular weight is 323 g/mol. The van der Waals surface area contributed by atoms with Gasteiger partial charge < -0.3 is 20.3 Å². The van der Waals surface area contributed by atoms with Crippen LogP contribution >= 0.6 is 0 Å². The Morgan fingerprint density at radius 1 is 1.39 bits per heavy atom. The molecule has 128 valence electrons. The Bertz CT molecular complexity index is 578. The van der Waals surface area contributed by atoms with Gasteiger partial charge in [0.25, 0.3) is 5.91 Å². The molecule has 1 unspecified atom stereocenters. The lowest BCUT2D eigenvalue weighted by molar-refractivity contribution is 0.00527. The second kappa shape index (κ2) is 6.57. The predicted octanol–water partition coefficient (Wildman–Crippen LogP) is 0.440. The lowest BCUT2D eigenvalue weighted by Crippen LogP contribution is -2.59. The molecule has 0 saturated carbocycles. The first-order valence-corrected chi connectivity index (χ1v) is 7.69. The highest BCUT2D eigenvalue weighted by Crippen LogP contribution is 2.16. The monoisotopic (exact) mass is 323 g/mol. The number of hydrogen-bond acceptors (Lipinski definition) is 5. The second-order valence-electron chi connectivity index (χ2n) is 6.72. The molecular formula is C15H25N5O3. The minimum absolute atomic E-state index is 0.114. The maximum absolute atomic E-state index is 12.6. The maximum Gasteiger partial charge on any atom is 0.410 e. The van der Waals surface area contributed by atoms with Crippen LogP contribution < -0.4 is 5.73 Å². The molecule has 8 heteroatoms. The van der Waals surface area contributed by atoms with Crippen LogP contribution in [0.15, 0.2) is 12.4 Å². The number of piperazine rings is 1. The summed E-state index contributed by atoms with van der Waals surface area (Å²) in [5, 5.41) is 4.02. The maximum atomic E-state index is 12.6. The second-order valence-corrected chi connectivity index (χ2v) is 6.72. The van der Waals surface area contributed by atoms with E-state index in [-0.39, 0.29) is 24.6 Å². The smallest absolute Gasteiger partial charge is 0.410 e. The van der Waals surface area contributed by atoms with Crippen LogP contribution in [-0.2, 0) is 11.8 Å². The van der Waals surface area contributed by atoms with E-state index in [1.807, 2.05) is 20.8 Å². The number of carbonyl (C=O) groups is 2. The van der Waals surface area contributed by atoms with E-state index in [2.05, 4.69) is 5.10 Å². The number of hydrogen-bond donors (Lipinski definition) is 1. The largest absolute Gasteiger partial charge is 0.444 e. The first kappa shape index (κ1) is 17.3. The third-order valence-corrected chi connectivity index (χ3v) is 3.62. The molecule has 2 amide bonds. The van der Waals surface area contributed by atoms with Gasteiger partial charge in [-0.2, -0.15) is 5.10 Å². The highest BCUT2D eigenvalue weighted by atomic mass is 16.6. The molecule has 0 bridgehead atoms. The van der Waals surface area contributed by atoms with E-state index < -0.39 is 5.60 Å². The van der Waals surface area contributed by atoms with Gasteiger partial charge in [0.15, 0.2) is 0 Å². The summed E-state index contributed by atoms with van der Waals surface area (Å²) >= 11 is 0. The molecule has 2 N–H and O–H groups in total. The van der Waals surface area contributed by atoms with Crippen molar-refractivity contribution in [2.75, 3.05) is 26.2 Å². The first-order chi connectivity index (χ1) is 10.7. The molecule has 0 aliphatic carbocycles. The van der Waals surface area contributed by atoms with E-state index in [9.17, 15) is 9.59 Å². The minimum atomic E-state index is -0.544. The van der Waals surface area contributed by atoms with Gasteiger partial charge in [-0.25, -0.2) is 4.79 Å². The van der Waals surface area contributed by atoms with E-state index in [0.29, 0.717) is 25.2 Å². The summed E-state index contributed by atoms with van der Waals surface area (Å²) in [5.41, 5.74) is 5.79. The molecule has 0 radical (unpaired) electrons. The van der Waals surface area contributed by atoms with Gasteiger partial charge in [0.1, 0.15) is 5.60 Å². The molecule has 8 nitrogen and oxygen atoms in total. The van der Waals surface area contributed by atoms with Crippen molar-refractivity contribution < 1.29 is 14.3 Å². The summed E-state index contributed by atoms with van der Waals surface area (Å²) in [6, 6.07) is -0.232. The molecule has 0 aromatic carbocycles. The normalized spacial score (nSPS) is 18.9. The molecule has 1 aliphatic rings. The fraction of sp³-hybridized carbons (Fsp3) is 0.667. The number of carbonyl (C=O) groups excluding carboxylic acids is 2. The summed E-state index contributed by atoms with van der Waals surface area (Å²) in [4.78, 5) is 28.1. The van der Waals surface area contributed by atoms with Crippen molar-refractivity contribution in [3.63, 3.8) is 0 Å².